The highest BCUT2D eigenvalue weighted by molar-refractivity contribution is 5.98. The fourth-order valence-corrected chi connectivity index (χ4v) is 2.59. The Balaban J connectivity index is 1.61. The van der Waals surface area contributed by atoms with Crippen LogP contribution in [-0.2, 0) is 16.0 Å². The van der Waals surface area contributed by atoms with Gasteiger partial charge >= 0.3 is 5.97 Å². The Hall–Kier alpha value is -3.15. The van der Waals surface area contributed by atoms with Gasteiger partial charge in [0.25, 0.3) is 5.91 Å². The number of benzene rings is 2. The van der Waals surface area contributed by atoms with E-state index in [0.29, 0.717) is 11.3 Å². The molecule has 0 heterocycles. The zero-order chi connectivity index (χ0) is 18.5. The molecule has 134 valence electrons. The number of carbonyl (C=O) groups is 3. The fraction of sp³-hybridized carbons (Fsp3) is 0.250. The molecular formula is C20H20N2O4. The van der Waals surface area contributed by atoms with Gasteiger partial charge in [-0.1, -0.05) is 30.3 Å². The van der Waals surface area contributed by atoms with Gasteiger partial charge in [-0.05, 0) is 42.7 Å². The Bertz CT molecular complexity index is 798. The van der Waals surface area contributed by atoms with Crippen molar-refractivity contribution in [3.05, 3.63) is 65.7 Å². The molecule has 3 N–H and O–H groups in total. The normalized spacial score (nSPS) is 14.3. The molecule has 0 spiro atoms. The lowest BCUT2D eigenvalue weighted by molar-refractivity contribution is -0.139. The van der Waals surface area contributed by atoms with E-state index < -0.39 is 17.9 Å². The van der Waals surface area contributed by atoms with Gasteiger partial charge in [0.2, 0.25) is 5.91 Å². The van der Waals surface area contributed by atoms with Crippen LogP contribution in [0.15, 0.2) is 54.6 Å². The van der Waals surface area contributed by atoms with Crippen molar-refractivity contribution in [2.45, 2.75) is 25.3 Å². The predicted octanol–water partition coefficient (Wildman–Crippen LogP) is 2.46. The highest BCUT2D eigenvalue weighted by atomic mass is 16.4. The highest BCUT2D eigenvalue weighted by Gasteiger charge is 2.29. The number of anilines is 1. The second kappa shape index (κ2) is 7.82. The minimum atomic E-state index is -1.09. The Morgan fingerprint density at radius 3 is 2.23 bits per heavy atom. The van der Waals surface area contributed by atoms with E-state index in [1.165, 1.54) is 0 Å². The van der Waals surface area contributed by atoms with E-state index in [2.05, 4.69) is 10.6 Å². The minimum absolute atomic E-state index is 0.00370. The zero-order valence-corrected chi connectivity index (χ0v) is 14.1. The number of nitrogens with one attached hydrogen (secondary N) is 2. The maximum atomic E-state index is 12.3. The summed E-state index contributed by atoms with van der Waals surface area (Å²) in [4.78, 5) is 35.5. The molecule has 0 unspecified atom stereocenters. The number of carboxylic acids is 1. The van der Waals surface area contributed by atoms with E-state index in [1.54, 1.807) is 24.3 Å². The molecule has 0 radical (unpaired) electrons. The summed E-state index contributed by atoms with van der Waals surface area (Å²) < 4.78 is 0. The van der Waals surface area contributed by atoms with Crippen LogP contribution in [0.2, 0.25) is 0 Å². The lowest BCUT2D eigenvalue weighted by atomic mass is 10.1. The number of hydrogen-bond donors (Lipinski definition) is 3. The summed E-state index contributed by atoms with van der Waals surface area (Å²) in [5.41, 5.74) is 1.80. The van der Waals surface area contributed by atoms with Crippen molar-refractivity contribution in [2.24, 2.45) is 5.92 Å². The van der Waals surface area contributed by atoms with Crippen molar-refractivity contribution < 1.29 is 19.5 Å². The molecule has 0 aliphatic heterocycles. The van der Waals surface area contributed by atoms with Gasteiger partial charge in [0.1, 0.15) is 6.04 Å². The van der Waals surface area contributed by atoms with Crippen LogP contribution in [0.5, 0.6) is 0 Å². The van der Waals surface area contributed by atoms with Crippen LogP contribution in [0.1, 0.15) is 28.8 Å². The molecule has 1 fully saturated rings. The van der Waals surface area contributed by atoms with Crippen molar-refractivity contribution in [2.75, 3.05) is 5.32 Å². The summed E-state index contributed by atoms with van der Waals surface area (Å²) in [5.74, 6) is -1.45. The second-order valence-electron chi connectivity index (χ2n) is 6.39. The molecule has 0 bridgehead atoms. The molecule has 26 heavy (non-hydrogen) atoms. The van der Waals surface area contributed by atoms with Crippen molar-refractivity contribution in [1.29, 1.82) is 0 Å². The molecule has 1 saturated carbocycles. The first-order valence-corrected chi connectivity index (χ1v) is 8.51. The molecule has 0 aromatic heterocycles. The Morgan fingerprint density at radius 2 is 1.65 bits per heavy atom. The average molecular weight is 352 g/mol. The van der Waals surface area contributed by atoms with Crippen LogP contribution < -0.4 is 10.6 Å². The van der Waals surface area contributed by atoms with Gasteiger partial charge in [0.15, 0.2) is 0 Å². The van der Waals surface area contributed by atoms with E-state index in [0.717, 1.165) is 18.4 Å². The minimum Gasteiger partial charge on any atom is -0.480 e. The largest absolute Gasteiger partial charge is 0.480 e. The van der Waals surface area contributed by atoms with Crippen LogP contribution in [0.4, 0.5) is 5.69 Å². The highest BCUT2D eigenvalue weighted by Crippen LogP contribution is 2.30. The van der Waals surface area contributed by atoms with E-state index in [9.17, 15) is 19.5 Å². The molecule has 0 saturated heterocycles. The molecule has 1 aliphatic rings. The van der Waals surface area contributed by atoms with Crippen molar-refractivity contribution in [1.82, 2.24) is 5.32 Å². The van der Waals surface area contributed by atoms with Gasteiger partial charge < -0.3 is 15.7 Å². The number of carbonyl (C=O) groups excluding carboxylic acids is 2. The monoisotopic (exact) mass is 352 g/mol. The molecule has 2 amide bonds. The van der Waals surface area contributed by atoms with Crippen molar-refractivity contribution in [3.8, 4) is 0 Å². The molecule has 1 aliphatic carbocycles. The second-order valence-corrected chi connectivity index (χ2v) is 6.39. The summed E-state index contributed by atoms with van der Waals surface area (Å²) in [6.07, 6.45) is 2.05. The number of hydrogen-bond acceptors (Lipinski definition) is 3. The maximum absolute atomic E-state index is 12.3. The lowest BCUT2D eigenvalue weighted by Gasteiger charge is -2.15. The smallest absolute Gasteiger partial charge is 0.326 e. The Kier molecular flexibility index (Phi) is 5.31. The van der Waals surface area contributed by atoms with E-state index >= 15 is 0 Å². The standard InChI is InChI=1S/C20H20N2O4/c23-18(14-6-7-14)21-16-10-8-15(9-11-16)19(24)22-17(20(25)26)12-13-4-2-1-3-5-13/h1-5,8-11,14,17H,6-7,12H2,(H,21,23)(H,22,24)(H,25,26)/t17-/m1/s1. The third-order valence-electron chi connectivity index (χ3n) is 4.25. The fourth-order valence-electron chi connectivity index (χ4n) is 2.59. The first-order valence-electron chi connectivity index (χ1n) is 8.51. The van der Waals surface area contributed by atoms with Crippen LogP contribution in [0.3, 0.4) is 0 Å². The van der Waals surface area contributed by atoms with Crippen LogP contribution in [-0.4, -0.2) is 28.9 Å². The SMILES string of the molecule is O=C(N[C@H](Cc1ccccc1)C(=O)O)c1ccc(NC(=O)C2CC2)cc1. The summed E-state index contributed by atoms with van der Waals surface area (Å²) >= 11 is 0. The number of carboxylic acid groups (broad SMARTS) is 1. The van der Waals surface area contributed by atoms with E-state index in [1.807, 2.05) is 30.3 Å². The Morgan fingerprint density at radius 1 is 1.00 bits per heavy atom. The topological polar surface area (TPSA) is 95.5 Å². The first kappa shape index (κ1) is 17.7. The molecule has 3 rings (SSSR count). The molecule has 6 nitrogen and oxygen atoms in total. The number of rotatable bonds is 7. The van der Waals surface area contributed by atoms with Crippen LogP contribution >= 0.6 is 0 Å². The van der Waals surface area contributed by atoms with Crippen molar-refractivity contribution >= 4 is 23.5 Å². The maximum Gasteiger partial charge on any atom is 0.326 e. The van der Waals surface area contributed by atoms with Crippen LogP contribution in [0, 0.1) is 5.92 Å². The van der Waals surface area contributed by atoms with Gasteiger partial charge in [0, 0.05) is 23.6 Å². The number of amides is 2. The first-order chi connectivity index (χ1) is 12.5. The lowest BCUT2D eigenvalue weighted by Crippen LogP contribution is -2.42. The van der Waals surface area contributed by atoms with E-state index in [4.69, 9.17) is 0 Å². The van der Waals surface area contributed by atoms with Gasteiger partial charge in [-0.15, -0.1) is 0 Å². The van der Waals surface area contributed by atoms with Gasteiger partial charge in [0.05, 0.1) is 0 Å². The Labute approximate surface area is 151 Å². The summed E-state index contributed by atoms with van der Waals surface area (Å²) in [5, 5.41) is 14.7. The van der Waals surface area contributed by atoms with Gasteiger partial charge in [-0.2, -0.15) is 0 Å². The summed E-state index contributed by atoms with van der Waals surface area (Å²) in [7, 11) is 0. The third kappa shape index (κ3) is 4.69. The molecule has 1 atom stereocenters. The molecule has 6 heteroatoms. The quantitative estimate of drug-likeness (QED) is 0.713. The average Bonchev–Trinajstić information content (AvgIpc) is 3.47. The van der Waals surface area contributed by atoms with Gasteiger partial charge in [-0.3, -0.25) is 9.59 Å². The molecule has 2 aromatic rings. The van der Waals surface area contributed by atoms with Crippen molar-refractivity contribution in [3.63, 3.8) is 0 Å². The van der Waals surface area contributed by atoms with Gasteiger partial charge in [-0.25, -0.2) is 4.79 Å². The molecule has 2 aromatic carbocycles. The number of aliphatic carboxylic acids is 1. The molecular weight excluding hydrogens is 332 g/mol. The predicted molar refractivity (Wildman–Crippen MR) is 96.8 cm³/mol. The van der Waals surface area contributed by atoms with E-state index in [-0.39, 0.29) is 18.2 Å². The van der Waals surface area contributed by atoms with Crippen LogP contribution in [0.25, 0.3) is 0 Å². The summed E-state index contributed by atoms with van der Waals surface area (Å²) in [6, 6.07) is 14.5. The summed E-state index contributed by atoms with van der Waals surface area (Å²) in [6.45, 7) is 0. The third-order valence-corrected chi connectivity index (χ3v) is 4.25. The zero-order valence-electron chi connectivity index (χ0n) is 14.1.